The largest absolute Gasteiger partial charge is 0.346 e. The summed E-state index contributed by atoms with van der Waals surface area (Å²) in [5.74, 6) is 0.0420. The second-order valence-electron chi connectivity index (χ2n) is 6.61. The van der Waals surface area contributed by atoms with Crippen LogP contribution in [0.1, 0.15) is 18.1 Å². The molecule has 0 bridgehead atoms. The molecule has 2 aromatic carbocycles. The Kier molecular flexibility index (Phi) is 6.46. The van der Waals surface area contributed by atoms with Crippen molar-refractivity contribution in [3.8, 4) is 0 Å². The van der Waals surface area contributed by atoms with Crippen LogP contribution in [-0.4, -0.2) is 48.9 Å². The van der Waals surface area contributed by atoms with Crippen LogP contribution in [0, 0.1) is 0 Å². The fourth-order valence-electron chi connectivity index (χ4n) is 3.12. The standard InChI is InChI=1S/C20H25N3O2S2/c1-2-17-9-6-10-19(15-17)21-20(26)22-11-13-23(14-12-22)27(24,25)16-18-7-4-3-5-8-18/h3-10,15H,2,11-14,16H2,1H3,(H,21,26). The number of piperazine rings is 1. The maximum absolute atomic E-state index is 12.7. The smallest absolute Gasteiger partial charge is 0.218 e. The number of anilines is 1. The molecule has 0 aliphatic carbocycles. The molecule has 0 spiro atoms. The summed E-state index contributed by atoms with van der Waals surface area (Å²) >= 11 is 5.52. The molecule has 1 N–H and O–H groups in total. The molecule has 5 nitrogen and oxygen atoms in total. The number of hydrogen-bond acceptors (Lipinski definition) is 3. The van der Waals surface area contributed by atoms with Gasteiger partial charge in [-0.2, -0.15) is 4.31 Å². The minimum atomic E-state index is -3.31. The quantitative estimate of drug-likeness (QED) is 0.778. The van der Waals surface area contributed by atoms with Crippen molar-refractivity contribution in [1.82, 2.24) is 9.21 Å². The highest BCUT2D eigenvalue weighted by Gasteiger charge is 2.28. The molecular weight excluding hydrogens is 378 g/mol. The lowest BCUT2D eigenvalue weighted by molar-refractivity contribution is 0.268. The summed E-state index contributed by atoms with van der Waals surface area (Å²) in [6.07, 6.45) is 0.972. The second-order valence-corrected chi connectivity index (χ2v) is 8.97. The van der Waals surface area contributed by atoms with Crippen molar-refractivity contribution in [2.45, 2.75) is 19.1 Å². The molecule has 0 aromatic heterocycles. The Morgan fingerprint density at radius 2 is 1.67 bits per heavy atom. The lowest BCUT2D eigenvalue weighted by atomic mass is 10.1. The first kappa shape index (κ1) is 19.8. The highest BCUT2D eigenvalue weighted by molar-refractivity contribution is 7.88. The summed E-state index contributed by atoms with van der Waals surface area (Å²) in [6.45, 7) is 4.20. The van der Waals surface area contributed by atoms with Crippen LogP contribution < -0.4 is 5.32 Å². The minimum absolute atomic E-state index is 0.0420. The molecule has 0 amide bonds. The Balaban J connectivity index is 1.55. The molecule has 1 aliphatic rings. The molecule has 1 fully saturated rings. The normalized spacial score (nSPS) is 15.5. The summed E-state index contributed by atoms with van der Waals surface area (Å²) in [6, 6.07) is 17.5. The third-order valence-electron chi connectivity index (χ3n) is 4.70. The van der Waals surface area contributed by atoms with Crippen LogP contribution in [-0.2, 0) is 22.2 Å². The highest BCUT2D eigenvalue weighted by Crippen LogP contribution is 2.16. The number of thiocarbonyl (C=S) groups is 1. The van der Waals surface area contributed by atoms with Gasteiger partial charge < -0.3 is 10.2 Å². The second kappa shape index (κ2) is 8.82. The van der Waals surface area contributed by atoms with Crippen LogP contribution >= 0.6 is 12.2 Å². The first-order valence-electron chi connectivity index (χ1n) is 9.14. The Labute approximate surface area is 167 Å². The van der Waals surface area contributed by atoms with E-state index in [1.54, 1.807) is 4.31 Å². The minimum Gasteiger partial charge on any atom is -0.346 e. The van der Waals surface area contributed by atoms with Crippen molar-refractivity contribution in [3.05, 3.63) is 65.7 Å². The van der Waals surface area contributed by atoms with Gasteiger partial charge in [-0.3, -0.25) is 0 Å². The predicted octanol–water partition coefficient (Wildman–Crippen LogP) is 3.09. The average molecular weight is 404 g/mol. The van der Waals surface area contributed by atoms with E-state index in [0.717, 1.165) is 17.7 Å². The molecule has 7 heteroatoms. The van der Waals surface area contributed by atoms with E-state index >= 15 is 0 Å². The molecule has 0 saturated carbocycles. The molecule has 144 valence electrons. The van der Waals surface area contributed by atoms with Crippen LogP contribution in [0.15, 0.2) is 54.6 Å². The van der Waals surface area contributed by atoms with Gasteiger partial charge in [0, 0.05) is 31.9 Å². The third kappa shape index (κ3) is 5.28. The fraction of sp³-hybridized carbons (Fsp3) is 0.350. The van der Waals surface area contributed by atoms with E-state index in [0.29, 0.717) is 31.3 Å². The fourth-order valence-corrected chi connectivity index (χ4v) is 4.93. The molecule has 1 heterocycles. The average Bonchev–Trinajstić information content (AvgIpc) is 2.68. The molecular formula is C20H25N3O2S2. The van der Waals surface area contributed by atoms with Crippen molar-refractivity contribution in [2.75, 3.05) is 31.5 Å². The van der Waals surface area contributed by atoms with Gasteiger partial charge in [0.1, 0.15) is 0 Å². The molecule has 27 heavy (non-hydrogen) atoms. The first-order valence-corrected chi connectivity index (χ1v) is 11.2. The first-order chi connectivity index (χ1) is 13.0. The van der Waals surface area contributed by atoms with Crippen LogP contribution in [0.3, 0.4) is 0 Å². The van der Waals surface area contributed by atoms with Crippen molar-refractivity contribution in [2.24, 2.45) is 0 Å². The van der Waals surface area contributed by atoms with Crippen LogP contribution in [0.5, 0.6) is 0 Å². The van der Waals surface area contributed by atoms with E-state index in [1.165, 1.54) is 5.56 Å². The Bertz CT molecular complexity index is 877. The van der Waals surface area contributed by atoms with Crippen molar-refractivity contribution in [1.29, 1.82) is 0 Å². The van der Waals surface area contributed by atoms with E-state index in [1.807, 2.05) is 47.4 Å². The Hall–Kier alpha value is -1.96. The summed E-state index contributed by atoms with van der Waals surface area (Å²) < 4.78 is 26.9. The number of benzene rings is 2. The lowest BCUT2D eigenvalue weighted by Gasteiger charge is -2.35. The van der Waals surface area contributed by atoms with Gasteiger partial charge in [-0.25, -0.2) is 8.42 Å². The molecule has 0 unspecified atom stereocenters. The summed E-state index contributed by atoms with van der Waals surface area (Å²) in [5, 5.41) is 3.91. The van der Waals surface area contributed by atoms with Gasteiger partial charge >= 0.3 is 0 Å². The third-order valence-corrected chi connectivity index (χ3v) is 6.91. The molecule has 0 radical (unpaired) electrons. The van der Waals surface area contributed by atoms with Crippen LogP contribution in [0.2, 0.25) is 0 Å². The van der Waals surface area contributed by atoms with Crippen molar-refractivity contribution in [3.63, 3.8) is 0 Å². The predicted molar refractivity (Wildman–Crippen MR) is 114 cm³/mol. The zero-order valence-electron chi connectivity index (χ0n) is 15.5. The SMILES string of the molecule is CCc1cccc(NC(=S)N2CCN(S(=O)(=O)Cc3ccccc3)CC2)c1. The van der Waals surface area contributed by atoms with Gasteiger partial charge in [0.25, 0.3) is 0 Å². The number of hydrogen-bond donors (Lipinski definition) is 1. The summed E-state index contributed by atoms with van der Waals surface area (Å²) in [4.78, 5) is 2.03. The van der Waals surface area contributed by atoms with E-state index in [2.05, 4.69) is 24.4 Å². The number of sulfonamides is 1. The molecule has 2 aromatic rings. The van der Waals surface area contributed by atoms with Gasteiger partial charge in [-0.1, -0.05) is 49.4 Å². The number of aryl methyl sites for hydroxylation is 1. The van der Waals surface area contributed by atoms with Gasteiger partial charge in [-0.05, 0) is 41.9 Å². The van der Waals surface area contributed by atoms with Crippen molar-refractivity contribution >= 4 is 33.0 Å². The van der Waals surface area contributed by atoms with Gasteiger partial charge in [0.15, 0.2) is 5.11 Å². The van der Waals surface area contributed by atoms with Gasteiger partial charge in [0.05, 0.1) is 5.75 Å². The number of nitrogens with one attached hydrogen (secondary N) is 1. The van der Waals surface area contributed by atoms with Gasteiger partial charge in [-0.15, -0.1) is 0 Å². The van der Waals surface area contributed by atoms with E-state index < -0.39 is 10.0 Å². The monoisotopic (exact) mass is 403 g/mol. The maximum atomic E-state index is 12.7. The summed E-state index contributed by atoms with van der Waals surface area (Å²) in [7, 11) is -3.31. The molecule has 0 atom stereocenters. The lowest BCUT2D eigenvalue weighted by Crippen LogP contribution is -2.51. The van der Waals surface area contributed by atoms with E-state index in [4.69, 9.17) is 12.2 Å². The zero-order chi connectivity index (χ0) is 19.3. The number of nitrogens with zero attached hydrogens (tertiary/aromatic N) is 2. The Morgan fingerprint density at radius 3 is 2.33 bits per heavy atom. The van der Waals surface area contributed by atoms with E-state index in [9.17, 15) is 8.42 Å². The maximum Gasteiger partial charge on any atom is 0.218 e. The van der Waals surface area contributed by atoms with Crippen LogP contribution in [0.25, 0.3) is 0 Å². The molecule has 1 aliphatic heterocycles. The Morgan fingerprint density at radius 1 is 1.00 bits per heavy atom. The molecule has 3 rings (SSSR count). The van der Waals surface area contributed by atoms with E-state index in [-0.39, 0.29) is 5.75 Å². The summed E-state index contributed by atoms with van der Waals surface area (Å²) in [5.41, 5.74) is 3.03. The highest BCUT2D eigenvalue weighted by atomic mass is 32.2. The molecule has 1 saturated heterocycles. The topological polar surface area (TPSA) is 52.6 Å². The van der Waals surface area contributed by atoms with Gasteiger partial charge in [0.2, 0.25) is 10.0 Å². The van der Waals surface area contributed by atoms with Crippen LogP contribution in [0.4, 0.5) is 5.69 Å². The zero-order valence-corrected chi connectivity index (χ0v) is 17.1. The van der Waals surface area contributed by atoms with Crippen molar-refractivity contribution < 1.29 is 8.42 Å². The number of rotatable bonds is 5.